The van der Waals surface area contributed by atoms with Gasteiger partial charge in [-0.2, -0.15) is 0 Å². The van der Waals surface area contributed by atoms with Gasteiger partial charge in [0.05, 0.1) is 0 Å². The van der Waals surface area contributed by atoms with Crippen molar-refractivity contribution in [3.8, 4) is 0 Å². The molecule has 72 valence electrons. The summed E-state index contributed by atoms with van der Waals surface area (Å²) >= 11 is 0. The molecule has 2 N–H and O–H groups in total. The van der Waals surface area contributed by atoms with Crippen LogP contribution >= 0.6 is 0 Å². The van der Waals surface area contributed by atoms with Crippen LogP contribution in [0.15, 0.2) is 24.3 Å². The molecule has 0 radical (unpaired) electrons. The van der Waals surface area contributed by atoms with E-state index in [1.807, 2.05) is 26.0 Å². The van der Waals surface area contributed by atoms with E-state index in [2.05, 4.69) is 19.1 Å². The fraction of sp³-hybridized carbons (Fsp3) is 0.455. The van der Waals surface area contributed by atoms with Crippen LogP contribution in [0.2, 0.25) is 0 Å². The Bertz CT molecular complexity index is 281. The van der Waals surface area contributed by atoms with Crippen molar-refractivity contribution in [1.82, 2.24) is 0 Å². The zero-order valence-corrected chi connectivity index (χ0v) is 8.50. The number of hydrogen-bond acceptors (Lipinski definition) is 2. The van der Waals surface area contributed by atoms with E-state index in [9.17, 15) is 0 Å². The van der Waals surface area contributed by atoms with Crippen molar-refractivity contribution in [3.63, 3.8) is 0 Å². The molecule has 1 aromatic rings. The van der Waals surface area contributed by atoms with Crippen molar-refractivity contribution in [2.24, 2.45) is 5.90 Å². The van der Waals surface area contributed by atoms with Gasteiger partial charge in [0, 0.05) is 0 Å². The van der Waals surface area contributed by atoms with E-state index in [-0.39, 0.29) is 0 Å². The van der Waals surface area contributed by atoms with Gasteiger partial charge in [0.2, 0.25) is 0 Å². The average molecular weight is 179 g/mol. The Labute approximate surface area is 79.7 Å². The van der Waals surface area contributed by atoms with E-state index in [0.29, 0.717) is 0 Å². The van der Waals surface area contributed by atoms with Gasteiger partial charge in [-0.05, 0) is 31.4 Å². The number of nitrogens with two attached hydrogens (primary N) is 1. The molecular weight excluding hydrogens is 162 g/mol. The molecule has 2 heteroatoms. The molecule has 0 bridgehead atoms. The summed E-state index contributed by atoms with van der Waals surface area (Å²) in [5.41, 5.74) is 2.03. The fourth-order valence-corrected chi connectivity index (χ4v) is 1.23. The van der Waals surface area contributed by atoms with Crippen LogP contribution in [-0.2, 0) is 16.9 Å². The van der Waals surface area contributed by atoms with E-state index >= 15 is 0 Å². The van der Waals surface area contributed by atoms with Crippen LogP contribution in [0, 0.1) is 0 Å². The summed E-state index contributed by atoms with van der Waals surface area (Å²) in [6.45, 7) is 6.05. The normalized spacial score (nSPS) is 11.7. The van der Waals surface area contributed by atoms with Crippen LogP contribution in [0.5, 0.6) is 0 Å². The summed E-state index contributed by atoms with van der Waals surface area (Å²) in [5, 5.41) is 0. The van der Waals surface area contributed by atoms with E-state index in [4.69, 9.17) is 10.7 Å². The van der Waals surface area contributed by atoms with Crippen molar-refractivity contribution in [2.75, 3.05) is 0 Å². The molecule has 2 nitrogen and oxygen atoms in total. The first-order valence-electron chi connectivity index (χ1n) is 4.57. The second kappa shape index (κ2) is 3.90. The van der Waals surface area contributed by atoms with Gasteiger partial charge in [0.1, 0.15) is 5.60 Å². The van der Waals surface area contributed by atoms with Crippen molar-refractivity contribution >= 4 is 0 Å². The molecule has 0 amide bonds. The predicted octanol–water partition coefficient (Wildman–Crippen LogP) is 2.37. The van der Waals surface area contributed by atoms with E-state index in [1.54, 1.807) is 0 Å². The smallest absolute Gasteiger partial charge is 0.109 e. The van der Waals surface area contributed by atoms with Gasteiger partial charge in [0.25, 0.3) is 0 Å². The molecule has 0 saturated carbocycles. The van der Waals surface area contributed by atoms with Crippen LogP contribution in [0.4, 0.5) is 0 Å². The molecule has 0 saturated heterocycles. The van der Waals surface area contributed by atoms with Gasteiger partial charge in [-0.1, -0.05) is 31.2 Å². The lowest BCUT2D eigenvalue weighted by Gasteiger charge is -2.22. The van der Waals surface area contributed by atoms with Crippen LogP contribution < -0.4 is 5.90 Å². The Morgan fingerprint density at radius 3 is 2.62 bits per heavy atom. The summed E-state index contributed by atoms with van der Waals surface area (Å²) in [7, 11) is 0. The molecule has 1 aromatic carbocycles. The molecule has 0 fully saturated rings. The zero-order valence-electron chi connectivity index (χ0n) is 8.50. The topological polar surface area (TPSA) is 35.2 Å². The third-order valence-electron chi connectivity index (χ3n) is 2.33. The SMILES string of the molecule is CCc1cccc(C(C)(C)ON)c1. The number of aryl methyl sites for hydroxylation is 1. The maximum Gasteiger partial charge on any atom is 0.109 e. The maximum absolute atomic E-state index is 5.23. The Kier molecular flexibility index (Phi) is 3.07. The highest BCUT2D eigenvalue weighted by Crippen LogP contribution is 2.23. The van der Waals surface area contributed by atoms with E-state index in [0.717, 1.165) is 12.0 Å². The van der Waals surface area contributed by atoms with Crippen molar-refractivity contribution in [2.45, 2.75) is 32.8 Å². The van der Waals surface area contributed by atoms with Crippen molar-refractivity contribution < 1.29 is 4.84 Å². The van der Waals surface area contributed by atoms with E-state index < -0.39 is 5.60 Å². The average Bonchev–Trinajstić information content (AvgIpc) is 2.18. The fourth-order valence-electron chi connectivity index (χ4n) is 1.23. The van der Waals surface area contributed by atoms with Gasteiger partial charge in [-0.25, -0.2) is 5.90 Å². The third-order valence-corrected chi connectivity index (χ3v) is 2.33. The second-order valence-corrected chi connectivity index (χ2v) is 3.68. The predicted molar refractivity (Wildman–Crippen MR) is 54.1 cm³/mol. The highest BCUT2D eigenvalue weighted by atomic mass is 16.6. The Balaban J connectivity index is 3.01. The molecule has 0 spiro atoms. The Morgan fingerprint density at radius 2 is 2.08 bits per heavy atom. The molecule has 0 aromatic heterocycles. The Morgan fingerprint density at radius 1 is 1.38 bits per heavy atom. The molecule has 0 atom stereocenters. The lowest BCUT2D eigenvalue weighted by molar-refractivity contribution is -0.0236. The third kappa shape index (κ3) is 2.29. The van der Waals surface area contributed by atoms with Crippen LogP contribution in [-0.4, -0.2) is 0 Å². The van der Waals surface area contributed by atoms with Crippen LogP contribution in [0.1, 0.15) is 31.9 Å². The minimum atomic E-state index is -0.398. The van der Waals surface area contributed by atoms with Crippen LogP contribution in [0.3, 0.4) is 0 Å². The first-order valence-corrected chi connectivity index (χ1v) is 4.57. The summed E-state index contributed by atoms with van der Waals surface area (Å²) in [6.07, 6.45) is 1.04. The second-order valence-electron chi connectivity index (χ2n) is 3.68. The lowest BCUT2D eigenvalue weighted by Crippen LogP contribution is -2.25. The number of hydrogen-bond donors (Lipinski definition) is 1. The van der Waals surface area contributed by atoms with Gasteiger partial charge in [0.15, 0.2) is 0 Å². The van der Waals surface area contributed by atoms with E-state index in [1.165, 1.54) is 5.56 Å². The first kappa shape index (κ1) is 10.2. The number of benzene rings is 1. The first-order chi connectivity index (χ1) is 6.10. The minimum absolute atomic E-state index is 0.398. The van der Waals surface area contributed by atoms with Crippen molar-refractivity contribution in [1.29, 1.82) is 0 Å². The van der Waals surface area contributed by atoms with Gasteiger partial charge in [-0.15, -0.1) is 0 Å². The largest absolute Gasteiger partial charge is 0.294 e. The van der Waals surface area contributed by atoms with Gasteiger partial charge < -0.3 is 0 Å². The van der Waals surface area contributed by atoms with Gasteiger partial charge >= 0.3 is 0 Å². The Hall–Kier alpha value is -0.860. The molecule has 0 unspecified atom stereocenters. The van der Waals surface area contributed by atoms with Gasteiger partial charge in [-0.3, -0.25) is 4.84 Å². The molecule has 0 aliphatic rings. The molecule has 13 heavy (non-hydrogen) atoms. The summed E-state index contributed by atoms with van der Waals surface area (Å²) < 4.78 is 0. The standard InChI is InChI=1S/C11H17NO/c1-4-9-6-5-7-10(8-9)11(2,3)13-12/h5-8H,4,12H2,1-3H3. The molecule has 0 heterocycles. The summed E-state index contributed by atoms with van der Waals surface area (Å²) in [4.78, 5) is 4.92. The maximum atomic E-state index is 5.23. The highest BCUT2D eigenvalue weighted by molar-refractivity contribution is 5.27. The van der Waals surface area contributed by atoms with Crippen LogP contribution in [0.25, 0.3) is 0 Å². The summed E-state index contributed by atoms with van der Waals surface area (Å²) in [5.74, 6) is 5.23. The van der Waals surface area contributed by atoms with Crippen molar-refractivity contribution in [3.05, 3.63) is 35.4 Å². The highest BCUT2D eigenvalue weighted by Gasteiger charge is 2.19. The zero-order chi connectivity index (χ0) is 9.90. The number of rotatable bonds is 3. The minimum Gasteiger partial charge on any atom is -0.294 e. The molecule has 0 aliphatic carbocycles. The monoisotopic (exact) mass is 179 g/mol. The quantitative estimate of drug-likeness (QED) is 0.723. The summed E-state index contributed by atoms with van der Waals surface area (Å²) in [6, 6.07) is 8.31. The molecule has 0 aliphatic heterocycles. The molecular formula is C11H17NO. The lowest BCUT2D eigenvalue weighted by atomic mass is 9.96. The molecule has 1 rings (SSSR count).